The number of nitrogens with two attached hydrogens (primary N) is 1. The second kappa shape index (κ2) is 4.74. The van der Waals surface area contributed by atoms with Crippen LogP contribution in [0.1, 0.15) is 0 Å². The van der Waals surface area contributed by atoms with E-state index < -0.39 is 0 Å². The SMILES string of the molecule is Cl.Nc1cc(I)cc(Br)c1Cl. The predicted molar refractivity (Wildman–Crippen MR) is 63.5 cm³/mol. The summed E-state index contributed by atoms with van der Waals surface area (Å²) in [4.78, 5) is 0. The molecule has 0 aromatic heterocycles. The van der Waals surface area contributed by atoms with Crippen LogP contribution in [0.15, 0.2) is 16.6 Å². The molecule has 0 saturated carbocycles. The molecule has 2 N–H and O–H groups in total. The van der Waals surface area contributed by atoms with Gasteiger partial charge in [-0.05, 0) is 50.7 Å². The third kappa shape index (κ3) is 2.97. The van der Waals surface area contributed by atoms with E-state index in [2.05, 4.69) is 38.5 Å². The first-order valence-electron chi connectivity index (χ1n) is 2.51. The van der Waals surface area contributed by atoms with E-state index in [1.807, 2.05) is 12.1 Å². The molecule has 1 aromatic rings. The summed E-state index contributed by atoms with van der Waals surface area (Å²) in [7, 11) is 0. The van der Waals surface area contributed by atoms with Gasteiger partial charge in [0.05, 0.1) is 10.7 Å². The lowest BCUT2D eigenvalue weighted by molar-refractivity contribution is 1.59. The summed E-state index contributed by atoms with van der Waals surface area (Å²) in [6.07, 6.45) is 0. The van der Waals surface area contributed by atoms with Gasteiger partial charge in [0, 0.05) is 8.04 Å². The van der Waals surface area contributed by atoms with Crippen molar-refractivity contribution in [3.63, 3.8) is 0 Å². The van der Waals surface area contributed by atoms with Gasteiger partial charge in [0.15, 0.2) is 0 Å². The first kappa shape index (κ1) is 11.8. The standard InChI is InChI=1S/C6H4BrClIN.ClH/c7-4-1-3(9)2-5(10)6(4)8;/h1-2H,10H2;1H. The van der Waals surface area contributed by atoms with Gasteiger partial charge in [-0.15, -0.1) is 12.4 Å². The number of nitrogen functional groups attached to an aromatic ring is 1. The second-order valence-corrected chi connectivity index (χ2v) is 4.27. The van der Waals surface area contributed by atoms with Crippen molar-refractivity contribution in [1.82, 2.24) is 0 Å². The number of halogens is 4. The van der Waals surface area contributed by atoms with Crippen LogP contribution in [0.3, 0.4) is 0 Å². The summed E-state index contributed by atoms with van der Waals surface area (Å²) >= 11 is 11.2. The minimum Gasteiger partial charge on any atom is -0.397 e. The molecule has 0 spiro atoms. The maximum absolute atomic E-state index is 5.77. The molecular formula is C6H5BrCl2IN. The zero-order chi connectivity index (χ0) is 7.72. The van der Waals surface area contributed by atoms with E-state index in [1.54, 1.807) is 0 Å². The Morgan fingerprint density at radius 2 is 2.00 bits per heavy atom. The van der Waals surface area contributed by atoms with Gasteiger partial charge < -0.3 is 5.73 Å². The first-order valence-corrected chi connectivity index (χ1v) is 4.76. The lowest BCUT2D eigenvalue weighted by Gasteiger charge is -2.00. The minimum atomic E-state index is 0. The van der Waals surface area contributed by atoms with E-state index in [4.69, 9.17) is 17.3 Å². The van der Waals surface area contributed by atoms with Crippen molar-refractivity contribution >= 4 is 68.2 Å². The fourth-order valence-electron chi connectivity index (χ4n) is 0.576. The molecule has 0 saturated heterocycles. The van der Waals surface area contributed by atoms with Gasteiger partial charge in [0.2, 0.25) is 0 Å². The Morgan fingerprint density at radius 3 is 2.45 bits per heavy atom. The number of hydrogen-bond donors (Lipinski definition) is 1. The van der Waals surface area contributed by atoms with Crippen LogP contribution in [-0.4, -0.2) is 0 Å². The van der Waals surface area contributed by atoms with Gasteiger partial charge in [-0.25, -0.2) is 0 Å². The van der Waals surface area contributed by atoms with E-state index in [1.165, 1.54) is 0 Å². The summed E-state index contributed by atoms with van der Waals surface area (Å²) in [6.45, 7) is 0. The number of benzene rings is 1. The highest BCUT2D eigenvalue weighted by atomic mass is 127. The van der Waals surface area contributed by atoms with Crippen LogP contribution in [0.5, 0.6) is 0 Å². The molecule has 0 amide bonds. The topological polar surface area (TPSA) is 26.0 Å². The summed E-state index contributed by atoms with van der Waals surface area (Å²) < 4.78 is 1.92. The molecule has 62 valence electrons. The van der Waals surface area contributed by atoms with Crippen LogP contribution in [0, 0.1) is 3.57 Å². The highest BCUT2D eigenvalue weighted by Crippen LogP contribution is 2.29. The fourth-order valence-corrected chi connectivity index (χ4v) is 2.24. The van der Waals surface area contributed by atoms with Crippen molar-refractivity contribution in [1.29, 1.82) is 0 Å². The molecule has 0 bridgehead atoms. The van der Waals surface area contributed by atoms with Crippen molar-refractivity contribution in [3.8, 4) is 0 Å². The molecule has 0 aliphatic rings. The Bertz CT molecular complexity index is 244. The Morgan fingerprint density at radius 1 is 1.45 bits per heavy atom. The number of anilines is 1. The van der Waals surface area contributed by atoms with Gasteiger partial charge in [0.25, 0.3) is 0 Å². The summed E-state index contributed by atoms with van der Waals surface area (Å²) in [5.41, 5.74) is 6.17. The zero-order valence-electron chi connectivity index (χ0n) is 5.27. The van der Waals surface area contributed by atoms with Gasteiger partial charge >= 0.3 is 0 Å². The van der Waals surface area contributed by atoms with Crippen LogP contribution >= 0.6 is 62.5 Å². The molecular weight excluding hydrogens is 364 g/mol. The second-order valence-electron chi connectivity index (χ2n) is 1.79. The first-order chi connectivity index (χ1) is 4.61. The number of rotatable bonds is 0. The Labute approximate surface area is 98.4 Å². The zero-order valence-corrected chi connectivity index (χ0v) is 10.6. The third-order valence-corrected chi connectivity index (χ3v) is 2.92. The fraction of sp³-hybridized carbons (Fsp3) is 0. The van der Waals surface area contributed by atoms with Crippen molar-refractivity contribution in [2.45, 2.75) is 0 Å². The molecule has 1 rings (SSSR count). The molecule has 0 unspecified atom stereocenters. The van der Waals surface area contributed by atoms with E-state index in [0.717, 1.165) is 8.04 Å². The van der Waals surface area contributed by atoms with E-state index >= 15 is 0 Å². The molecule has 0 fully saturated rings. The summed E-state index contributed by atoms with van der Waals surface area (Å²) in [5, 5.41) is 0.584. The molecule has 0 radical (unpaired) electrons. The Kier molecular flexibility index (Phi) is 5.09. The van der Waals surface area contributed by atoms with E-state index in [-0.39, 0.29) is 12.4 Å². The maximum Gasteiger partial charge on any atom is 0.0778 e. The average Bonchev–Trinajstić information content (AvgIpc) is 1.82. The minimum absolute atomic E-state index is 0. The van der Waals surface area contributed by atoms with Gasteiger partial charge in [-0.1, -0.05) is 11.6 Å². The quantitative estimate of drug-likeness (QED) is 0.421. The molecule has 0 aliphatic carbocycles. The highest BCUT2D eigenvalue weighted by Gasteiger charge is 2.01. The van der Waals surface area contributed by atoms with Crippen LogP contribution in [0.4, 0.5) is 5.69 Å². The summed E-state index contributed by atoms with van der Waals surface area (Å²) in [5.74, 6) is 0. The maximum atomic E-state index is 5.77. The van der Waals surface area contributed by atoms with E-state index in [0.29, 0.717) is 10.7 Å². The smallest absolute Gasteiger partial charge is 0.0778 e. The lowest BCUT2D eigenvalue weighted by atomic mass is 10.3. The molecule has 1 nitrogen and oxygen atoms in total. The van der Waals surface area contributed by atoms with Gasteiger partial charge in [-0.3, -0.25) is 0 Å². The van der Waals surface area contributed by atoms with Crippen LogP contribution in [0.2, 0.25) is 5.02 Å². The van der Waals surface area contributed by atoms with Crippen molar-refractivity contribution in [2.24, 2.45) is 0 Å². The number of hydrogen-bond acceptors (Lipinski definition) is 1. The molecule has 1 aromatic carbocycles. The Balaban J connectivity index is 0.000001000. The van der Waals surface area contributed by atoms with Crippen LogP contribution < -0.4 is 5.73 Å². The molecule has 5 heteroatoms. The van der Waals surface area contributed by atoms with Crippen molar-refractivity contribution in [2.75, 3.05) is 5.73 Å². The molecule has 0 aliphatic heterocycles. The average molecular weight is 369 g/mol. The van der Waals surface area contributed by atoms with Gasteiger partial charge in [-0.2, -0.15) is 0 Å². The van der Waals surface area contributed by atoms with Crippen molar-refractivity contribution in [3.05, 3.63) is 25.2 Å². The highest BCUT2D eigenvalue weighted by molar-refractivity contribution is 14.1. The largest absolute Gasteiger partial charge is 0.397 e. The molecule has 0 atom stereocenters. The van der Waals surface area contributed by atoms with Crippen LogP contribution in [-0.2, 0) is 0 Å². The lowest BCUT2D eigenvalue weighted by Crippen LogP contribution is -1.87. The normalized spacial score (nSPS) is 9.00. The summed E-state index contributed by atoms with van der Waals surface area (Å²) in [6, 6.07) is 3.74. The third-order valence-electron chi connectivity index (χ3n) is 1.02. The van der Waals surface area contributed by atoms with Crippen molar-refractivity contribution < 1.29 is 0 Å². The molecule has 11 heavy (non-hydrogen) atoms. The van der Waals surface area contributed by atoms with Gasteiger partial charge in [0.1, 0.15) is 0 Å². The Hall–Kier alpha value is 0.810. The predicted octanol–water partition coefficient (Wildman–Crippen LogP) is 3.71. The molecule has 0 heterocycles. The van der Waals surface area contributed by atoms with Crippen LogP contribution in [0.25, 0.3) is 0 Å². The monoisotopic (exact) mass is 367 g/mol. The van der Waals surface area contributed by atoms with E-state index in [9.17, 15) is 0 Å².